The second-order valence-electron chi connectivity index (χ2n) is 3.23. The van der Waals surface area contributed by atoms with Crippen molar-refractivity contribution in [1.29, 1.82) is 0 Å². The highest BCUT2D eigenvalue weighted by atomic mass is 35.5. The van der Waals surface area contributed by atoms with Gasteiger partial charge in [0.25, 0.3) is 0 Å². The summed E-state index contributed by atoms with van der Waals surface area (Å²) in [4.78, 5) is 4.15. The molecule has 0 aliphatic carbocycles. The van der Waals surface area contributed by atoms with Crippen LogP contribution in [0.5, 0.6) is 0 Å². The number of anilines is 1. The first-order valence-corrected chi connectivity index (χ1v) is 5.22. The standard InChI is InChI=1S/C10H16ClN3/c1-2-3-9(6-12)14-10-5-4-8(11)7-13-10/h4-5,7,9H,2-3,6,12H2,1H3,(H,13,14). The van der Waals surface area contributed by atoms with Crippen LogP contribution in [0.25, 0.3) is 0 Å². The maximum atomic E-state index is 5.73. The molecule has 1 heterocycles. The molecular formula is C10H16ClN3. The Hall–Kier alpha value is -0.800. The third-order valence-electron chi connectivity index (χ3n) is 2.00. The zero-order chi connectivity index (χ0) is 10.4. The predicted octanol–water partition coefficient (Wildman–Crippen LogP) is 2.27. The maximum absolute atomic E-state index is 5.73. The summed E-state index contributed by atoms with van der Waals surface area (Å²) in [5.41, 5.74) is 5.62. The van der Waals surface area contributed by atoms with Crippen molar-refractivity contribution in [3.8, 4) is 0 Å². The van der Waals surface area contributed by atoms with E-state index in [1.54, 1.807) is 6.20 Å². The Morgan fingerprint density at radius 3 is 2.86 bits per heavy atom. The number of hydrogen-bond acceptors (Lipinski definition) is 3. The molecule has 4 heteroatoms. The van der Waals surface area contributed by atoms with Gasteiger partial charge >= 0.3 is 0 Å². The molecule has 0 radical (unpaired) electrons. The number of rotatable bonds is 5. The lowest BCUT2D eigenvalue weighted by Gasteiger charge is -2.16. The molecule has 0 saturated heterocycles. The molecule has 78 valence electrons. The van der Waals surface area contributed by atoms with Crippen molar-refractivity contribution in [2.75, 3.05) is 11.9 Å². The third kappa shape index (κ3) is 3.52. The van der Waals surface area contributed by atoms with Crippen molar-refractivity contribution in [2.45, 2.75) is 25.8 Å². The minimum Gasteiger partial charge on any atom is -0.366 e. The zero-order valence-corrected chi connectivity index (χ0v) is 9.09. The van der Waals surface area contributed by atoms with Gasteiger partial charge in [0.1, 0.15) is 5.82 Å². The van der Waals surface area contributed by atoms with Gasteiger partial charge in [0.15, 0.2) is 0 Å². The number of nitrogens with one attached hydrogen (secondary N) is 1. The highest BCUT2D eigenvalue weighted by Crippen LogP contribution is 2.11. The molecule has 0 aliphatic rings. The van der Waals surface area contributed by atoms with Crippen molar-refractivity contribution >= 4 is 17.4 Å². The zero-order valence-electron chi connectivity index (χ0n) is 8.33. The van der Waals surface area contributed by atoms with Gasteiger partial charge in [-0.25, -0.2) is 4.98 Å². The van der Waals surface area contributed by atoms with Crippen LogP contribution in [0.1, 0.15) is 19.8 Å². The number of nitrogens with zero attached hydrogens (tertiary/aromatic N) is 1. The number of nitrogens with two attached hydrogens (primary N) is 1. The van der Waals surface area contributed by atoms with Gasteiger partial charge in [-0.2, -0.15) is 0 Å². The van der Waals surface area contributed by atoms with E-state index in [4.69, 9.17) is 17.3 Å². The fourth-order valence-electron chi connectivity index (χ4n) is 1.27. The normalized spacial score (nSPS) is 12.5. The van der Waals surface area contributed by atoms with Crippen molar-refractivity contribution in [2.24, 2.45) is 5.73 Å². The summed E-state index contributed by atoms with van der Waals surface area (Å²) in [6.07, 6.45) is 3.80. The average molecular weight is 214 g/mol. The van der Waals surface area contributed by atoms with E-state index >= 15 is 0 Å². The minimum absolute atomic E-state index is 0.300. The molecule has 14 heavy (non-hydrogen) atoms. The number of aromatic nitrogens is 1. The van der Waals surface area contributed by atoms with E-state index in [-0.39, 0.29) is 0 Å². The minimum atomic E-state index is 0.300. The van der Waals surface area contributed by atoms with Gasteiger partial charge in [-0.15, -0.1) is 0 Å². The second-order valence-corrected chi connectivity index (χ2v) is 3.66. The molecule has 0 fully saturated rings. The van der Waals surface area contributed by atoms with Crippen LogP contribution in [-0.4, -0.2) is 17.6 Å². The van der Waals surface area contributed by atoms with Crippen LogP contribution < -0.4 is 11.1 Å². The lowest BCUT2D eigenvalue weighted by Crippen LogP contribution is -2.28. The maximum Gasteiger partial charge on any atom is 0.126 e. The van der Waals surface area contributed by atoms with E-state index in [2.05, 4.69) is 17.2 Å². The quantitative estimate of drug-likeness (QED) is 0.789. The molecule has 1 aromatic heterocycles. The first-order valence-electron chi connectivity index (χ1n) is 4.84. The van der Waals surface area contributed by atoms with Gasteiger partial charge in [-0.1, -0.05) is 24.9 Å². The van der Waals surface area contributed by atoms with Crippen molar-refractivity contribution in [3.05, 3.63) is 23.4 Å². The molecule has 3 N–H and O–H groups in total. The summed E-state index contributed by atoms with van der Waals surface area (Å²) >= 11 is 5.73. The molecular weight excluding hydrogens is 198 g/mol. The highest BCUT2D eigenvalue weighted by molar-refractivity contribution is 6.30. The van der Waals surface area contributed by atoms with Crippen LogP contribution in [0, 0.1) is 0 Å². The molecule has 3 nitrogen and oxygen atoms in total. The third-order valence-corrected chi connectivity index (χ3v) is 2.22. The van der Waals surface area contributed by atoms with Crippen LogP contribution in [-0.2, 0) is 0 Å². The Morgan fingerprint density at radius 1 is 1.57 bits per heavy atom. The fraction of sp³-hybridized carbons (Fsp3) is 0.500. The topological polar surface area (TPSA) is 50.9 Å². The molecule has 1 aromatic rings. The molecule has 0 spiro atoms. The summed E-state index contributed by atoms with van der Waals surface area (Å²) in [7, 11) is 0. The van der Waals surface area contributed by atoms with Crippen LogP contribution in [0.3, 0.4) is 0 Å². The van der Waals surface area contributed by atoms with Crippen molar-refractivity contribution in [1.82, 2.24) is 4.98 Å². The fourth-order valence-corrected chi connectivity index (χ4v) is 1.38. The summed E-state index contributed by atoms with van der Waals surface area (Å²) < 4.78 is 0. The van der Waals surface area contributed by atoms with Crippen molar-refractivity contribution < 1.29 is 0 Å². The monoisotopic (exact) mass is 213 g/mol. The largest absolute Gasteiger partial charge is 0.366 e. The summed E-state index contributed by atoms with van der Waals surface area (Å²) in [5.74, 6) is 0.832. The number of pyridine rings is 1. The van der Waals surface area contributed by atoms with Gasteiger partial charge in [0.2, 0.25) is 0 Å². The Kier molecular flexibility index (Phi) is 4.70. The Morgan fingerprint density at radius 2 is 2.36 bits per heavy atom. The molecule has 0 amide bonds. The molecule has 1 unspecified atom stereocenters. The average Bonchev–Trinajstić information content (AvgIpc) is 2.20. The van der Waals surface area contributed by atoms with Gasteiger partial charge in [0.05, 0.1) is 5.02 Å². The van der Waals surface area contributed by atoms with Gasteiger partial charge in [-0.05, 0) is 18.6 Å². The van der Waals surface area contributed by atoms with E-state index in [0.29, 0.717) is 17.6 Å². The molecule has 1 atom stereocenters. The Balaban J connectivity index is 2.53. The predicted molar refractivity (Wildman–Crippen MR) is 60.6 cm³/mol. The van der Waals surface area contributed by atoms with E-state index in [1.807, 2.05) is 12.1 Å². The SMILES string of the molecule is CCCC(CN)Nc1ccc(Cl)cn1. The summed E-state index contributed by atoms with van der Waals surface area (Å²) in [5, 5.41) is 3.91. The Labute approximate surface area is 89.7 Å². The molecule has 0 bridgehead atoms. The number of hydrogen-bond donors (Lipinski definition) is 2. The molecule has 0 aliphatic heterocycles. The molecule has 0 saturated carbocycles. The second kappa shape index (κ2) is 5.83. The van der Waals surface area contributed by atoms with E-state index in [1.165, 1.54) is 0 Å². The smallest absolute Gasteiger partial charge is 0.126 e. The van der Waals surface area contributed by atoms with Crippen LogP contribution in [0.15, 0.2) is 18.3 Å². The Bertz CT molecular complexity index is 261. The summed E-state index contributed by atoms with van der Waals surface area (Å²) in [6.45, 7) is 2.76. The van der Waals surface area contributed by atoms with Crippen LogP contribution in [0.4, 0.5) is 5.82 Å². The lowest BCUT2D eigenvalue weighted by atomic mass is 10.2. The molecule has 0 aromatic carbocycles. The van der Waals surface area contributed by atoms with Gasteiger partial charge in [0, 0.05) is 18.8 Å². The van der Waals surface area contributed by atoms with Crippen molar-refractivity contribution in [3.63, 3.8) is 0 Å². The van der Waals surface area contributed by atoms with Gasteiger partial charge in [-0.3, -0.25) is 0 Å². The first-order chi connectivity index (χ1) is 6.76. The summed E-state index contributed by atoms with van der Waals surface area (Å²) in [6, 6.07) is 3.98. The van der Waals surface area contributed by atoms with E-state index in [9.17, 15) is 0 Å². The molecule has 1 rings (SSSR count). The number of halogens is 1. The van der Waals surface area contributed by atoms with Crippen LogP contribution >= 0.6 is 11.6 Å². The highest BCUT2D eigenvalue weighted by Gasteiger charge is 2.04. The van der Waals surface area contributed by atoms with E-state index < -0.39 is 0 Å². The van der Waals surface area contributed by atoms with E-state index in [0.717, 1.165) is 18.7 Å². The first kappa shape index (κ1) is 11.3. The van der Waals surface area contributed by atoms with Gasteiger partial charge < -0.3 is 11.1 Å². The van der Waals surface area contributed by atoms with Crippen LogP contribution in [0.2, 0.25) is 5.02 Å². The lowest BCUT2D eigenvalue weighted by molar-refractivity contribution is 0.646.